The quantitative estimate of drug-likeness (QED) is 0.266. The number of Topliss-reactive ketones (excluding diaryl/α,β-unsaturated/α-hetero) is 2. The molecule has 0 saturated heterocycles. The fourth-order valence-electron chi connectivity index (χ4n) is 2.92. The zero-order valence-electron chi connectivity index (χ0n) is 14.5. The van der Waals surface area contributed by atoms with Gasteiger partial charge in [0.1, 0.15) is 0 Å². The van der Waals surface area contributed by atoms with E-state index in [4.69, 9.17) is 0 Å². The van der Waals surface area contributed by atoms with E-state index in [1.807, 2.05) is 19.0 Å². The van der Waals surface area contributed by atoms with Crippen LogP contribution in [0.4, 0.5) is 5.69 Å². The first-order valence-electron chi connectivity index (χ1n) is 8.25. The maximum atomic E-state index is 12.3. The highest BCUT2D eigenvalue weighted by molar-refractivity contribution is 6.22. The Morgan fingerprint density at radius 2 is 1.88 bits per heavy atom. The Morgan fingerprint density at radius 1 is 1.24 bits per heavy atom. The van der Waals surface area contributed by atoms with E-state index in [-0.39, 0.29) is 35.7 Å². The Kier molecular flexibility index (Phi) is 6.55. The summed E-state index contributed by atoms with van der Waals surface area (Å²) in [5.41, 5.74) is 0.635. The minimum atomic E-state index is -0.468. The van der Waals surface area contributed by atoms with E-state index in [9.17, 15) is 19.7 Å². The van der Waals surface area contributed by atoms with E-state index in [2.05, 4.69) is 5.32 Å². The Hall–Kier alpha value is -2.38. The molecule has 0 bridgehead atoms. The van der Waals surface area contributed by atoms with E-state index in [1.54, 1.807) is 24.3 Å². The maximum Gasteiger partial charge on any atom is 0.272 e. The number of nitrogens with zero attached hydrogens (tertiary/aromatic N) is 2. The van der Waals surface area contributed by atoms with Gasteiger partial charge >= 0.3 is 0 Å². The van der Waals surface area contributed by atoms with Crippen molar-refractivity contribution >= 4 is 17.3 Å². The number of rotatable bonds is 7. The SMILES string of the molecule is CN(C)CCNCC=C1C(=O)CC(c2ccccc2[N+](=O)[O-])CC1=O. The first-order valence-corrected chi connectivity index (χ1v) is 8.25. The predicted molar refractivity (Wildman–Crippen MR) is 94.6 cm³/mol. The van der Waals surface area contributed by atoms with Crippen LogP contribution in [-0.4, -0.2) is 55.1 Å². The molecule has 25 heavy (non-hydrogen) atoms. The number of hydrogen-bond acceptors (Lipinski definition) is 6. The summed E-state index contributed by atoms with van der Waals surface area (Å²) in [5, 5.41) is 14.3. The minimum absolute atomic E-state index is 0.0362. The molecule has 1 fully saturated rings. The molecule has 1 aromatic rings. The molecule has 134 valence electrons. The van der Waals surface area contributed by atoms with Crippen molar-refractivity contribution in [2.75, 3.05) is 33.7 Å². The van der Waals surface area contributed by atoms with Crippen LogP contribution in [0, 0.1) is 10.1 Å². The van der Waals surface area contributed by atoms with Gasteiger partial charge in [-0.15, -0.1) is 0 Å². The van der Waals surface area contributed by atoms with Crippen molar-refractivity contribution in [3.05, 3.63) is 51.6 Å². The molecule has 0 radical (unpaired) electrons. The van der Waals surface area contributed by atoms with Gasteiger partial charge in [0.05, 0.1) is 10.5 Å². The standard InChI is InChI=1S/C18H23N3O4/c1-20(2)10-9-19-8-7-15-17(22)11-13(12-18(15)23)14-5-3-4-6-16(14)21(24)25/h3-7,13,19H,8-12H2,1-2H3. The Morgan fingerprint density at radius 3 is 2.48 bits per heavy atom. The fourth-order valence-corrected chi connectivity index (χ4v) is 2.92. The summed E-state index contributed by atoms with van der Waals surface area (Å²) in [6.45, 7) is 2.08. The van der Waals surface area contributed by atoms with Crippen LogP contribution in [0.3, 0.4) is 0 Å². The molecule has 1 aliphatic carbocycles. The van der Waals surface area contributed by atoms with Crippen molar-refractivity contribution in [1.82, 2.24) is 10.2 Å². The van der Waals surface area contributed by atoms with Crippen molar-refractivity contribution in [3.8, 4) is 0 Å². The lowest BCUT2D eigenvalue weighted by Crippen LogP contribution is -2.29. The number of carbonyl (C=O) groups is 2. The molecule has 1 aliphatic rings. The minimum Gasteiger partial charge on any atom is -0.312 e. The van der Waals surface area contributed by atoms with Crippen LogP contribution in [0.2, 0.25) is 0 Å². The smallest absolute Gasteiger partial charge is 0.272 e. The molecule has 2 rings (SSSR count). The van der Waals surface area contributed by atoms with Crippen molar-refractivity contribution in [3.63, 3.8) is 0 Å². The van der Waals surface area contributed by atoms with Gasteiger partial charge in [-0.05, 0) is 14.1 Å². The molecule has 0 spiro atoms. The number of nitro groups is 1. The van der Waals surface area contributed by atoms with Crippen LogP contribution < -0.4 is 5.32 Å². The highest BCUT2D eigenvalue weighted by atomic mass is 16.6. The van der Waals surface area contributed by atoms with Gasteiger partial charge in [0.15, 0.2) is 11.6 Å². The van der Waals surface area contributed by atoms with Gasteiger partial charge in [-0.1, -0.05) is 24.3 Å². The molecular weight excluding hydrogens is 322 g/mol. The van der Waals surface area contributed by atoms with Gasteiger partial charge in [-0.3, -0.25) is 19.7 Å². The number of nitro benzene ring substituents is 1. The molecule has 0 unspecified atom stereocenters. The summed E-state index contributed by atoms with van der Waals surface area (Å²) in [4.78, 5) is 37.4. The third-order valence-corrected chi connectivity index (χ3v) is 4.22. The number of benzene rings is 1. The van der Waals surface area contributed by atoms with Gasteiger partial charge in [0.25, 0.3) is 5.69 Å². The number of hydrogen-bond donors (Lipinski definition) is 1. The topological polar surface area (TPSA) is 92.6 Å². The molecule has 7 nitrogen and oxygen atoms in total. The Balaban J connectivity index is 2.04. The zero-order chi connectivity index (χ0) is 18.4. The highest BCUT2D eigenvalue weighted by Crippen LogP contribution is 2.36. The molecule has 0 aromatic heterocycles. The van der Waals surface area contributed by atoms with E-state index in [0.29, 0.717) is 12.1 Å². The second-order valence-electron chi connectivity index (χ2n) is 6.39. The largest absolute Gasteiger partial charge is 0.312 e. The summed E-state index contributed by atoms with van der Waals surface area (Å²) in [7, 11) is 3.94. The molecule has 1 N–H and O–H groups in total. The Bertz CT molecular complexity index is 677. The van der Waals surface area contributed by atoms with Crippen LogP contribution >= 0.6 is 0 Å². The van der Waals surface area contributed by atoms with Gasteiger partial charge < -0.3 is 10.2 Å². The third-order valence-electron chi connectivity index (χ3n) is 4.22. The molecule has 0 aliphatic heterocycles. The molecule has 7 heteroatoms. The monoisotopic (exact) mass is 345 g/mol. The lowest BCUT2D eigenvalue weighted by atomic mass is 9.79. The van der Waals surface area contributed by atoms with Crippen LogP contribution in [-0.2, 0) is 9.59 Å². The summed E-state index contributed by atoms with van der Waals surface area (Å²) < 4.78 is 0. The van der Waals surface area contributed by atoms with Gasteiger partial charge in [0, 0.05) is 50.0 Å². The maximum absolute atomic E-state index is 12.3. The van der Waals surface area contributed by atoms with Crippen molar-refractivity contribution in [2.24, 2.45) is 0 Å². The van der Waals surface area contributed by atoms with Crippen LogP contribution in [0.1, 0.15) is 24.3 Å². The van der Waals surface area contributed by atoms with E-state index in [0.717, 1.165) is 13.1 Å². The number of ketones is 2. The second kappa shape index (κ2) is 8.64. The van der Waals surface area contributed by atoms with E-state index in [1.165, 1.54) is 6.07 Å². The molecule has 0 atom stereocenters. The van der Waals surface area contributed by atoms with E-state index < -0.39 is 10.8 Å². The van der Waals surface area contributed by atoms with Crippen LogP contribution in [0.5, 0.6) is 0 Å². The lowest BCUT2D eigenvalue weighted by molar-refractivity contribution is -0.385. The summed E-state index contributed by atoms with van der Waals surface area (Å²) in [6, 6.07) is 6.31. The summed E-state index contributed by atoms with van der Waals surface area (Å²) in [5.74, 6) is -0.914. The number of carbonyl (C=O) groups excluding carboxylic acids is 2. The number of likely N-dealkylation sites (N-methyl/N-ethyl adjacent to an activating group) is 1. The van der Waals surface area contributed by atoms with E-state index >= 15 is 0 Å². The van der Waals surface area contributed by atoms with Crippen LogP contribution in [0.15, 0.2) is 35.9 Å². The Labute approximate surface area is 146 Å². The number of para-hydroxylation sites is 1. The van der Waals surface area contributed by atoms with Crippen molar-refractivity contribution in [2.45, 2.75) is 18.8 Å². The number of allylic oxidation sites excluding steroid dienone is 1. The highest BCUT2D eigenvalue weighted by Gasteiger charge is 2.34. The summed E-state index contributed by atoms with van der Waals surface area (Å²) >= 11 is 0. The first-order chi connectivity index (χ1) is 11.9. The van der Waals surface area contributed by atoms with Gasteiger partial charge in [-0.2, -0.15) is 0 Å². The second-order valence-corrected chi connectivity index (χ2v) is 6.39. The lowest BCUT2D eigenvalue weighted by Gasteiger charge is -2.22. The predicted octanol–water partition coefficient (Wildman–Crippen LogP) is 1.69. The molecule has 1 saturated carbocycles. The third kappa shape index (κ3) is 5.04. The molecule has 1 aromatic carbocycles. The number of nitrogens with one attached hydrogen (secondary N) is 1. The fraction of sp³-hybridized carbons (Fsp3) is 0.444. The summed E-state index contributed by atoms with van der Waals surface area (Å²) in [6.07, 6.45) is 1.89. The molecular formula is C18H23N3O4. The van der Waals surface area contributed by atoms with Crippen LogP contribution in [0.25, 0.3) is 0 Å². The average molecular weight is 345 g/mol. The average Bonchev–Trinajstić information content (AvgIpc) is 2.56. The normalized spacial score (nSPS) is 17.9. The zero-order valence-corrected chi connectivity index (χ0v) is 14.5. The molecule has 0 amide bonds. The first kappa shape index (κ1) is 19.0. The van der Waals surface area contributed by atoms with Gasteiger partial charge in [0.2, 0.25) is 0 Å². The van der Waals surface area contributed by atoms with Crippen molar-refractivity contribution < 1.29 is 14.5 Å². The van der Waals surface area contributed by atoms with Gasteiger partial charge in [-0.25, -0.2) is 0 Å². The molecule has 0 heterocycles. The van der Waals surface area contributed by atoms with Crippen molar-refractivity contribution in [1.29, 1.82) is 0 Å².